The van der Waals surface area contributed by atoms with Crippen LogP contribution in [0.5, 0.6) is 0 Å². The Balaban J connectivity index is 2.47. The van der Waals surface area contributed by atoms with Crippen LogP contribution >= 0.6 is 15.9 Å². The zero-order valence-corrected chi connectivity index (χ0v) is 13.5. The normalized spacial score (nSPS) is 17.5. The van der Waals surface area contributed by atoms with E-state index in [0.717, 1.165) is 21.6 Å². The van der Waals surface area contributed by atoms with Crippen molar-refractivity contribution in [1.29, 1.82) is 0 Å². The van der Waals surface area contributed by atoms with E-state index >= 15 is 0 Å². The number of hydrogen-bond donors (Lipinski definition) is 1. The van der Waals surface area contributed by atoms with Crippen molar-refractivity contribution in [3.05, 3.63) is 62.4 Å². The molecule has 0 aliphatic carbocycles. The molecule has 1 unspecified atom stereocenters. The Kier molecular flexibility index (Phi) is 5.62. The smallest absolute Gasteiger partial charge is 0.336 e. The third-order valence-electron chi connectivity index (χ3n) is 3.06. The SMILES string of the molecule is O=C(O)C1=CC([N+](=O)[O-])=CN(c2ccc(Br)cc2)C1OCC(F)F. The number of ether oxygens (including phenoxy) is 1. The zero-order valence-electron chi connectivity index (χ0n) is 11.9. The van der Waals surface area contributed by atoms with Gasteiger partial charge < -0.3 is 14.7 Å². The second kappa shape index (κ2) is 7.49. The minimum absolute atomic E-state index is 0.351. The predicted octanol–water partition coefficient (Wildman–Crippen LogP) is 3.01. The van der Waals surface area contributed by atoms with Gasteiger partial charge in [0, 0.05) is 16.2 Å². The Hall–Kier alpha value is -2.33. The van der Waals surface area contributed by atoms with Crippen LogP contribution in [0.2, 0.25) is 0 Å². The summed E-state index contributed by atoms with van der Waals surface area (Å²) in [6, 6.07) is 6.33. The summed E-state index contributed by atoms with van der Waals surface area (Å²) in [6.45, 7) is -1.01. The van der Waals surface area contributed by atoms with Crippen LogP contribution in [0.25, 0.3) is 0 Å². The van der Waals surface area contributed by atoms with Gasteiger partial charge in [-0.25, -0.2) is 13.6 Å². The van der Waals surface area contributed by atoms with Crippen molar-refractivity contribution < 1.29 is 28.3 Å². The number of nitro groups is 1. The van der Waals surface area contributed by atoms with Gasteiger partial charge in [0.15, 0.2) is 6.23 Å². The molecule has 0 amide bonds. The van der Waals surface area contributed by atoms with Crippen LogP contribution < -0.4 is 4.90 Å². The topological polar surface area (TPSA) is 92.9 Å². The molecular weight excluding hydrogens is 394 g/mol. The lowest BCUT2D eigenvalue weighted by Gasteiger charge is -2.32. The molecule has 10 heteroatoms. The molecule has 0 saturated carbocycles. The summed E-state index contributed by atoms with van der Waals surface area (Å²) in [5.41, 5.74) is -0.649. The number of rotatable bonds is 6. The van der Waals surface area contributed by atoms with Gasteiger partial charge >= 0.3 is 5.97 Å². The molecule has 0 bridgehead atoms. The number of hydrogen-bond acceptors (Lipinski definition) is 5. The Morgan fingerprint density at radius 2 is 2.04 bits per heavy atom. The minimum atomic E-state index is -2.81. The lowest BCUT2D eigenvalue weighted by molar-refractivity contribution is -0.419. The molecule has 1 atom stereocenters. The second-order valence-corrected chi connectivity index (χ2v) is 5.59. The fourth-order valence-electron chi connectivity index (χ4n) is 2.05. The highest BCUT2D eigenvalue weighted by Crippen LogP contribution is 2.29. The van der Waals surface area contributed by atoms with E-state index in [1.807, 2.05) is 0 Å². The summed E-state index contributed by atoms with van der Waals surface area (Å²) in [4.78, 5) is 22.8. The summed E-state index contributed by atoms with van der Waals surface area (Å²) in [5, 5.41) is 20.3. The van der Waals surface area contributed by atoms with Gasteiger partial charge in [0.05, 0.1) is 16.7 Å². The van der Waals surface area contributed by atoms with E-state index in [-0.39, 0.29) is 0 Å². The Morgan fingerprint density at radius 1 is 1.42 bits per heavy atom. The Labute approximate surface area is 143 Å². The average molecular weight is 405 g/mol. The van der Waals surface area contributed by atoms with Crippen molar-refractivity contribution in [3.63, 3.8) is 0 Å². The fourth-order valence-corrected chi connectivity index (χ4v) is 2.32. The number of carboxylic acid groups (broad SMARTS) is 1. The standard InChI is InChI=1S/C14H11BrF2N2O5/c15-8-1-3-9(4-2-8)18-6-10(19(22)23)5-11(14(20)21)13(18)24-7-12(16)17/h1-6,12-13H,7H2,(H,20,21). The molecular formula is C14H11BrF2N2O5. The minimum Gasteiger partial charge on any atom is -0.478 e. The van der Waals surface area contributed by atoms with Crippen molar-refractivity contribution >= 4 is 27.6 Å². The summed E-state index contributed by atoms with van der Waals surface area (Å²) < 4.78 is 30.6. The maximum absolute atomic E-state index is 12.5. The van der Waals surface area contributed by atoms with E-state index in [0.29, 0.717) is 5.69 Å². The number of carbonyl (C=O) groups is 1. The maximum atomic E-state index is 12.5. The number of carboxylic acids is 1. The van der Waals surface area contributed by atoms with Crippen LogP contribution in [-0.2, 0) is 9.53 Å². The van der Waals surface area contributed by atoms with Gasteiger partial charge in [-0.1, -0.05) is 15.9 Å². The first-order valence-corrected chi connectivity index (χ1v) is 7.33. The second-order valence-electron chi connectivity index (χ2n) is 4.68. The molecule has 0 aromatic heterocycles. The molecule has 1 N–H and O–H groups in total. The lowest BCUT2D eigenvalue weighted by Crippen LogP contribution is -2.41. The average Bonchev–Trinajstić information content (AvgIpc) is 2.52. The van der Waals surface area contributed by atoms with Gasteiger partial charge in [0.2, 0.25) is 0 Å². The predicted molar refractivity (Wildman–Crippen MR) is 83.2 cm³/mol. The molecule has 2 rings (SSSR count). The van der Waals surface area contributed by atoms with Crippen LogP contribution in [0.1, 0.15) is 0 Å². The Morgan fingerprint density at radius 3 is 2.54 bits per heavy atom. The molecule has 7 nitrogen and oxygen atoms in total. The van der Waals surface area contributed by atoms with E-state index in [2.05, 4.69) is 15.9 Å². The summed E-state index contributed by atoms with van der Waals surface area (Å²) in [5.74, 6) is -1.50. The van der Waals surface area contributed by atoms with Gasteiger partial charge in [-0.15, -0.1) is 0 Å². The van der Waals surface area contributed by atoms with E-state index in [1.165, 1.54) is 0 Å². The van der Waals surface area contributed by atoms with Gasteiger partial charge in [0.1, 0.15) is 6.61 Å². The summed E-state index contributed by atoms with van der Waals surface area (Å²) in [6.07, 6.45) is -2.38. The number of anilines is 1. The van der Waals surface area contributed by atoms with E-state index in [1.54, 1.807) is 24.3 Å². The van der Waals surface area contributed by atoms with Crippen molar-refractivity contribution in [1.82, 2.24) is 0 Å². The largest absolute Gasteiger partial charge is 0.478 e. The highest BCUT2D eigenvalue weighted by atomic mass is 79.9. The molecule has 0 radical (unpaired) electrons. The van der Waals surface area contributed by atoms with Crippen LogP contribution in [0.4, 0.5) is 14.5 Å². The van der Waals surface area contributed by atoms with Crippen LogP contribution in [-0.4, -0.2) is 35.3 Å². The van der Waals surface area contributed by atoms with Crippen molar-refractivity contribution in [2.45, 2.75) is 12.7 Å². The van der Waals surface area contributed by atoms with Crippen LogP contribution in [0, 0.1) is 10.1 Å². The molecule has 1 aromatic carbocycles. The highest BCUT2D eigenvalue weighted by Gasteiger charge is 2.34. The number of benzene rings is 1. The van der Waals surface area contributed by atoms with Crippen molar-refractivity contribution in [3.8, 4) is 0 Å². The molecule has 24 heavy (non-hydrogen) atoms. The lowest BCUT2D eigenvalue weighted by atomic mass is 10.1. The number of alkyl halides is 2. The first-order chi connectivity index (χ1) is 11.3. The zero-order chi connectivity index (χ0) is 17.9. The van der Waals surface area contributed by atoms with Crippen molar-refractivity contribution in [2.24, 2.45) is 0 Å². The third-order valence-corrected chi connectivity index (χ3v) is 3.58. The molecule has 1 aliphatic rings. The monoisotopic (exact) mass is 404 g/mol. The molecule has 1 aliphatic heterocycles. The number of aliphatic carboxylic acids is 1. The van der Waals surface area contributed by atoms with Gasteiger partial charge in [-0.2, -0.15) is 0 Å². The molecule has 128 valence electrons. The Bertz CT molecular complexity index is 706. The van der Waals surface area contributed by atoms with E-state index in [9.17, 15) is 28.8 Å². The number of allylic oxidation sites excluding steroid dienone is 1. The summed E-state index contributed by atoms with van der Waals surface area (Å²) in [7, 11) is 0. The summed E-state index contributed by atoms with van der Waals surface area (Å²) >= 11 is 3.23. The van der Waals surface area contributed by atoms with E-state index in [4.69, 9.17) is 4.74 Å². The van der Waals surface area contributed by atoms with E-state index < -0.39 is 41.4 Å². The molecule has 0 fully saturated rings. The van der Waals surface area contributed by atoms with Crippen LogP contribution in [0.15, 0.2) is 52.3 Å². The van der Waals surface area contributed by atoms with Crippen LogP contribution in [0.3, 0.4) is 0 Å². The molecule has 1 aromatic rings. The maximum Gasteiger partial charge on any atom is 0.336 e. The fraction of sp³-hybridized carbons (Fsp3) is 0.214. The first-order valence-electron chi connectivity index (χ1n) is 6.54. The molecule has 1 heterocycles. The first kappa shape index (κ1) is 18.0. The molecule has 0 saturated heterocycles. The highest BCUT2D eigenvalue weighted by molar-refractivity contribution is 9.10. The molecule has 0 spiro atoms. The third kappa shape index (κ3) is 4.15. The van der Waals surface area contributed by atoms with Gasteiger partial charge in [0.25, 0.3) is 12.1 Å². The quantitative estimate of drug-likeness (QED) is 0.578. The van der Waals surface area contributed by atoms with Crippen molar-refractivity contribution in [2.75, 3.05) is 11.5 Å². The number of nitrogens with zero attached hydrogens (tertiary/aromatic N) is 2. The van der Waals surface area contributed by atoms with Gasteiger partial charge in [-0.3, -0.25) is 10.1 Å². The van der Waals surface area contributed by atoms with Gasteiger partial charge in [-0.05, 0) is 24.3 Å². The number of halogens is 3.